The summed E-state index contributed by atoms with van der Waals surface area (Å²) in [5, 5.41) is 2.96. The molecule has 0 aliphatic carbocycles. The van der Waals surface area contributed by atoms with Crippen LogP contribution in [0, 0.1) is 5.92 Å². The van der Waals surface area contributed by atoms with E-state index in [4.69, 9.17) is 0 Å². The van der Waals surface area contributed by atoms with Gasteiger partial charge in [-0.2, -0.15) is 0 Å². The zero-order valence-corrected chi connectivity index (χ0v) is 15.8. The van der Waals surface area contributed by atoms with Crippen molar-refractivity contribution in [2.75, 3.05) is 19.3 Å². The molecular formula is C21H24N2O2S. The quantitative estimate of drug-likeness (QED) is 0.635. The number of likely N-dealkylation sites (tertiary alicyclic amines) is 1. The third-order valence-electron chi connectivity index (χ3n) is 4.74. The first-order valence-corrected chi connectivity index (χ1v) is 10.2. The van der Waals surface area contributed by atoms with Gasteiger partial charge in [-0.3, -0.25) is 4.79 Å². The highest BCUT2D eigenvalue weighted by atomic mass is 32.2. The molecule has 1 heterocycles. The number of nitrogens with zero attached hydrogens (tertiary/aromatic N) is 1. The molecular weight excluding hydrogens is 344 g/mol. The number of amides is 2. The van der Waals surface area contributed by atoms with E-state index in [1.165, 1.54) is 0 Å². The van der Waals surface area contributed by atoms with E-state index in [1.807, 2.05) is 60.9 Å². The van der Waals surface area contributed by atoms with Crippen LogP contribution in [0.1, 0.15) is 28.8 Å². The summed E-state index contributed by atoms with van der Waals surface area (Å²) in [6.45, 7) is 1.70. The van der Waals surface area contributed by atoms with Crippen molar-refractivity contribution >= 4 is 23.6 Å². The molecule has 3 rings (SSSR count). The third kappa shape index (κ3) is 4.47. The summed E-state index contributed by atoms with van der Waals surface area (Å²) in [7, 11) is 0. The van der Waals surface area contributed by atoms with Crippen LogP contribution in [0.2, 0.25) is 0 Å². The number of rotatable bonds is 5. The smallest absolute Gasteiger partial charge is 0.317 e. The van der Waals surface area contributed by atoms with Gasteiger partial charge in [-0.05, 0) is 30.7 Å². The number of benzene rings is 2. The van der Waals surface area contributed by atoms with Crippen LogP contribution in [0.3, 0.4) is 0 Å². The Bertz CT molecular complexity index is 764. The summed E-state index contributed by atoms with van der Waals surface area (Å²) < 4.78 is 0. The second-order valence-electron chi connectivity index (χ2n) is 6.49. The van der Waals surface area contributed by atoms with Crippen molar-refractivity contribution < 1.29 is 9.59 Å². The van der Waals surface area contributed by atoms with Gasteiger partial charge >= 0.3 is 6.03 Å². The van der Waals surface area contributed by atoms with Gasteiger partial charge in [0, 0.05) is 36.0 Å². The normalized spacial score (nSPS) is 17.0. The summed E-state index contributed by atoms with van der Waals surface area (Å²) in [5.74, 6) is 0.0232. The van der Waals surface area contributed by atoms with Crippen molar-refractivity contribution in [3.63, 3.8) is 0 Å². The second-order valence-corrected chi connectivity index (χ2v) is 7.34. The minimum Gasteiger partial charge on any atom is -0.334 e. The van der Waals surface area contributed by atoms with Crippen LogP contribution >= 0.6 is 11.8 Å². The highest BCUT2D eigenvalue weighted by Crippen LogP contribution is 2.26. The molecule has 2 aromatic rings. The number of hydrogen-bond acceptors (Lipinski definition) is 3. The Labute approximate surface area is 159 Å². The van der Waals surface area contributed by atoms with Crippen LogP contribution in [-0.2, 0) is 6.54 Å². The maximum absolute atomic E-state index is 13.0. The maximum Gasteiger partial charge on any atom is 0.317 e. The molecule has 0 aromatic heterocycles. The minimum atomic E-state index is -0.125. The van der Waals surface area contributed by atoms with Gasteiger partial charge in [0.1, 0.15) is 0 Å². The van der Waals surface area contributed by atoms with Gasteiger partial charge < -0.3 is 10.2 Å². The van der Waals surface area contributed by atoms with E-state index in [1.54, 1.807) is 16.7 Å². The summed E-state index contributed by atoms with van der Waals surface area (Å²) in [5.41, 5.74) is 1.84. The lowest BCUT2D eigenvalue weighted by Crippen LogP contribution is -2.46. The molecule has 1 aliphatic rings. The first-order valence-electron chi connectivity index (χ1n) is 8.93. The average molecular weight is 369 g/mol. The lowest BCUT2D eigenvalue weighted by Gasteiger charge is -2.32. The highest BCUT2D eigenvalue weighted by Gasteiger charge is 2.29. The fraction of sp³-hybridized carbons (Fsp3) is 0.333. The largest absolute Gasteiger partial charge is 0.334 e. The van der Waals surface area contributed by atoms with Crippen molar-refractivity contribution in [2.45, 2.75) is 24.3 Å². The Balaban J connectivity index is 1.61. The predicted octanol–water partition coefficient (Wildman–Crippen LogP) is 4.21. The van der Waals surface area contributed by atoms with Crippen molar-refractivity contribution in [1.82, 2.24) is 10.2 Å². The number of urea groups is 1. The minimum absolute atomic E-state index is 0.0931. The van der Waals surface area contributed by atoms with Crippen LogP contribution in [0.15, 0.2) is 59.5 Å². The molecule has 0 radical (unpaired) electrons. The molecule has 0 bridgehead atoms. The van der Waals surface area contributed by atoms with E-state index in [9.17, 15) is 9.59 Å². The van der Waals surface area contributed by atoms with E-state index in [0.717, 1.165) is 28.9 Å². The number of carbonyl (C=O) groups excluding carboxylic acids is 2. The van der Waals surface area contributed by atoms with Crippen LogP contribution in [-0.4, -0.2) is 36.1 Å². The van der Waals surface area contributed by atoms with Crippen LogP contribution in [0.5, 0.6) is 0 Å². The fourth-order valence-electron chi connectivity index (χ4n) is 3.33. The molecule has 2 amide bonds. The third-order valence-corrected chi connectivity index (χ3v) is 5.53. The van der Waals surface area contributed by atoms with Gasteiger partial charge in [-0.1, -0.05) is 48.5 Å². The molecule has 1 unspecified atom stereocenters. The molecule has 1 N–H and O–H groups in total. The van der Waals surface area contributed by atoms with E-state index in [0.29, 0.717) is 19.6 Å². The lowest BCUT2D eigenvalue weighted by atomic mass is 9.90. The molecule has 26 heavy (non-hydrogen) atoms. The summed E-state index contributed by atoms with van der Waals surface area (Å²) >= 11 is 1.59. The summed E-state index contributed by atoms with van der Waals surface area (Å²) in [4.78, 5) is 28.2. The molecule has 1 fully saturated rings. The van der Waals surface area contributed by atoms with Gasteiger partial charge in [-0.25, -0.2) is 4.79 Å². The number of hydrogen-bond donors (Lipinski definition) is 1. The zero-order chi connectivity index (χ0) is 18.4. The van der Waals surface area contributed by atoms with Crippen molar-refractivity contribution in [3.05, 3.63) is 65.7 Å². The number of thioether (sulfide) groups is 1. The molecule has 0 spiro atoms. The summed E-state index contributed by atoms with van der Waals surface area (Å²) in [6, 6.07) is 17.5. The monoisotopic (exact) mass is 368 g/mol. The van der Waals surface area contributed by atoms with Gasteiger partial charge in [0.05, 0.1) is 0 Å². The SMILES string of the molecule is CSc1ccccc1C(=O)C1CCCN(C(=O)NCc2ccccc2)C1. The molecule has 5 heteroatoms. The first-order chi connectivity index (χ1) is 12.7. The molecule has 4 nitrogen and oxygen atoms in total. The number of Topliss-reactive ketones (excluding diaryl/α,β-unsaturated/α-hetero) is 1. The van der Waals surface area contributed by atoms with Gasteiger partial charge in [0.2, 0.25) is 0 Å². The van der Waals surface area contributed by atoms with E-state index in [2.05, 4.69) is 5.32 Å². The molecule has 2 aromatic carbocycles. The number of nitrogens with one attached hydrogen (secondary N) is 1. The molecule has 1 atom stereocenters. The molecule has 1 saturated heterocycles. The van der Waals surface area contributed by atoms with Gasteiger partial charge in [0.15, 0.2) is 5.78 Å². The maximum atomic E-state index is 13.0. The van der Waals surface area contributed by atoms with E-state index >= 15 is 0 Å². The number of carbonyl (C=O) groups is 2. The Morgan fingerprint density at radius 2 is 1.85 bits per heavy atom. The fourth-order valence-corrected chi connectivity index (χ4v) is 3.93. The van der Waals surface area contributed by atoms with E-state index in [-0.39, 0.29) is 17.7 Å². The van der Waals surface area contributed by atoms with Crippen LogP contribution in [0.4, 0.5) is 4.79 Å². The van der Waals surface area contributed by atoms with Gasteiger partial charge in [-0.15, -0.1) is 11.8 Å². The molecule has 0 saturated carbocycles. The Kier molecular flexibility index (Phi) is 6.34. The Hall–Kier alpha value is -2.27. The lowest BCUT2D eigenvalue weighted by molar-refractivity contribution is 0.0842. The standard InChI is InChI=1S/C21H24N2O2S/c1-26-19-12-6-5-11-18(19)20(24)17-10-7-13-23(15-17)21(25)22-14-16-8-3-2-4-9-16/h2-6,8-9,11-12,17H,7,10,13-15H2,1H3,(H,22,25). The number of ketones is 1. The zero-order valence-electron chi connectivity index (χ0n) is 15.0. The average Bonchev–Trinajstić information content (AvgIpc) is 2.72. The predicted molar refractivity (Wildman–Crippen MR) is 106 cm³/mol. The Morgan fingerprint density at radius 1 is 1.12 bits per heavy atom. The summed E-state index contributed by atoms with van der Waals surface area (Å²) in [6.07, 6.45) is 3.68. The highest BCUT2D eigenvalue weighted by molar-refractivity contribution is 7.98. The van der Waals surface area contributed by atoms with Crippen molar-refractivity contribution in [3.8, 4) is 0 Å². The Morgan fingerprint density at radius 3 is 2.62 bits per heavy atom. The van der Waals surface area contributed by atoms with Crippen LogP contribution < -0.4 is 5.32 Å². The van der Waals surface area contributed by atoms with Gasteiger partial charge in [0.25, 0.3) is 0 Å². The number of piperidine rings is 1. The van der Waals surface area contributed by atoms with Crippen LogP contribution in [0.25, 0.3) is 0 Å². The van der Waals surface area contributed by atoms with Crippen molar-refractivity contribution in [2.24, 2.45) is 5.92 Å². The molecule has 136 valence electrons. The topological polar surface area (TPSA) is 49.4 Å². The second kappa shape index (κ2) is 8.90. The van der Waals surface area contributed by atoms with Crippen molar-refractivity contribution in [1.29, 1.82) is 0 Å². The van der Waals surface area contributed by atoms with E-state index < -0.39 is 0 Å². The first kappa shape index (κ1) is 18.5. The molecule has 1 aliphatic heterocycles.